The molecule has 1 aromatic heterocycles. The van der Waals surface area contributed by atoms with E-state index in [1.807, 2.05) is 6.20 Å². The van der Waals surface area contributed by atoms with E-state index < -0.39 is 0 Å². The molecule has 1 N–H and O–H groups in total. The largest absolute Gasteiger partial charge is 0.356 e. The summed E-state index contributed by atoms with van der Waals surface area (Å²) in [6.45, 7) is 8.15. The first-order chi connectivity index (χ1) is 14.0. The summed E-state index contributed by atoms with van der Waals surface area (Å²) < 4.78 is 0. The van der Waals surface area contributed by atoms with Crippen molar-refractivity contribution in [2.24, 2.45) is 34.5 Å². The lowest BCUT2D eigenvalue weighted by molar-refractivity contribution is -0.124. The number of fused-ring (bicyclic) bond motifs is 5. The average Bonchev–Trinajstić information content (AvgIpc) is 2.99. The van der Waals surface area contributed by atoms with Crippen LogP contribution in [0.3, 0.4) is 0 Å². The summed E-state index contributed by atoms with van der Waals surface area (Å²) in [5, 5.41) is 3.16. The molecule has 3 heteroatoms. The van der Waals surface area contributed by atoms with E-state index >= 15 is 0 Å². The molecule has 4 aliphatic rings. The fourth-order valence-electron chi connectivity index (χ4n) is 7.87. The van der Waals surface area contributed by atoms with Crippen molar-refractivity contribution < 1.29 is 4.79 Å². The Labute approximate surface area is 175 Å². The van der Waals surface area contributed by atoms with E-state index in [-0.39, 0.29) is 11.3 Å². The standard InChI is InChI=1S/C26H36N2O/c1-4-17-13-18(16-27-15-17)21-7-8-22-20-6-5-19-14-24(29)28-12-11-25(19,2)23(20)9-10-26(21,22)3/h7,13,15-16,19-20,22-23H,4-6,8-12,14H2,1-3H3,(H,28,29). The van der Waals surface area contributed by atoms with Crippen LogP contribution in [0.25, 0.3) is 5.57 Å². The van der Waals surface area contributed by atoms with Crippen molar-refractivity contribution in [3.05, 3.63) is 35.7 Å². The predicted molar refractivity (Wildman–Crippen MR) is 117 cm³/mol. The molecular formula is C26H36N2O. The zero-order valence-electron chi connectivity index (χ0n) is 18.3. The van der Waals surface area contributed by atoms with E-state index in [0.29, 0.717) is 11.3 Å². The van der Waals surface area contributed by atoms with Gasteiger partial charge in [-0.25, -0.2) is 0 Å². The van der Waals surface area contributed by atoms with Gasteiger partial charge in [-0.1, -0.05) is 26.8 Å². The number of hydrogen-bond donors (Lipinski definition) is 1. The minimum atomic E-state index is 0.283. The summed E-state index contributed by atoms with van der Waals surface area (Å²) >= 11 is 0. The third-order valence-electron chi connectivity index (χ3n) is 9.58. The predicted octanol–water partition coefficient (Wildman–Crippen LogP) is 5.41. The number of hydrogen-bond acceptors (Lipinski definition) is 2. The van der Waals surface area contributed by atoms with Crippen LogP contribution < -0.4 is 5.32 Å². The smallest absolute Gasteiger partial charge is 0.220 e. The summed E-state index contributed by atoms with van der Waals surface area (Å²) in [4.78, 5) is 16.8. The van der Waals surface area contributed by atoms with Crippen LogP contribution in [0.15, 0.2) is 24.5 Å². The summed E-state index contributed by atoms with van der Waals surface area (Å²) in [6.07, 6.45) is 16.0. The molecule has 0 spiro atoms. The van der Waals surface area contributed by atoms with Crippen LogP contribution in [0, 0.1) is 34.5 Å². The van der Waals surface area contributed by atoms with Crippen molar-refractivity contribution in [2.45, 2.75) is 72.1 Å². The van der Waals surface area contributed by atoms with Crippen molar-refractivity contribution in [1.29, 1.82) is 0 Å². The molecule has 0 bridgehead atoms. The number of pyridine rings is 1. The van der Waals surface area contributed by atoms with Gasteiger partial charge in [-0.2, -0.15) is 0 Å². The Kier molecular flexibility index (Phi) is 4.64. The maximum atomic E-state index is 12.2. The molecule has 3 nitrogen and oxygen atoms in total. The van der Waals surface area contributed by atoms with E-state index in [0.717, 1.165) is 43.6 Å². The molecule has 2 saturated carbocycles. The number of amides is 1. The molecule has 3 fully saturated rings. The second kappa shape index (κ2) is 6.96. The van der Waals surface area contributed by atoms with Gasteiger partial charge >= 0.3 is 0 Å². The van der Waals surface area contributed by atoms with Gasteiger partial charge in [-0.15, -0.1) is 0 Å². The third kappa shape index (κ3) is 2.91. The highest BCUT2D eigenvalue weighted by Crippen LogP contribution is 2.66. The molecule has 6 unspecified atom stereocenters. The number of aryl methyl sites for hydroxylation is 1. The minimum Gasteiger partial charge on any atom is -0.356 e. The summed E-state index contributed by atoms with van der Waals surface area (Å²) in [5.41, 5.74) is 4.88. The molecule has 29 heavy (non-hydrogen) atoms. The molecule has 1 amide bonds. The highest BCUT2D eigenvalue weighted by atomic mass is 16.1. The molecule has 156 valence electrons. The highest BCUT2D eigenvalue weighted by molar-refractivity contribution is 5.76. The lowest BCUT2D eigenvalue weighted by Crippen LogP contribution is -2.51. The van der Waals surface area contributed by atoms with Crippen molar-refractivity contribution in [3.63, 3.8) is 0 Å². The molecule has 0 radical (unpaired) electrons. The van der Waals surface area contributed by atoms with Crippen LogP contribution in [0.1, 0.15) is 76.8 Å². The van der Waals surface area contributed by atoms with Gasteiger partial charge in [-0.3, -0.25) is 9.78 Å². The molecule has 6 atom stereocenters. The summed E-state index contributed by atoms with van der Waals surface area (Å²) in [7, 11) is 0. The van der Waals surface area contributed by atoms with Gasteiger partial charge in [0.2, 0.25) is 5.91 Å². The van der Waals surface area contributed by atoms with Gasteiger partial charge in [0.1, 0.15) is 0 Å². The Morgan fingerprint density at radius 3 is 2.83 bits per heavy atom. The number of nitrogens with zero attached hydrogens (tertiary/aromatic N) is 1. The fraction of sp³-hybridized carbons (Fsp3) is 0.692. The van der Waals surface area contributed by atoms with E-state index in [1.54, 1.807) is 5.57 Å². The van der Waals surface area contributed by atoms with E-state index in [1.165, 1.54) is 43.2 Å². The monoisotopic (exact) mass is 392 g/mol. The van der Waals surface area contributed by atoms with Gasteiger partial charge in [0.15, 0.2) is 0 Å². The third-order valence-corrected chi connectivity index (χ3v) is 9.58. The number of carbonyl (C=O) groups excluding carboxylic acids is 1. The van der Waals surface area contributed by atoms with Gasteiger partial charge in [0.05, 0.1) is 0 Å². The van der Waals surface area contributed by atoms with Gasteiger partial charge < -0.3 is 5.32 Å². The van der Waals surface area contributed by atoms with Gasteiger partial charge in [0.25, 0.3) is 0 Å². The Hall–Kier alpha value is -1.64. The van der Waals surface area contributed by atoms with E-state index in [9.17, 15) is 4.79 Å². The first kappa shape index (κ1) is 19.3. The van der Waals surface area contributed by atoms with Gasteiger partial charge in [0, 0.05) is 25.4 Å². The quantitative estimate of drug-likeness (QED) is 0.731. The van der Waals surface area contributed by atoms with Crippen LogP contribution in [0.2, 0.25) is 0 Å². The molecule has 1 aliphatic heterocycles. The lowest BCUT2D eigenvalue weighted by Gasteiger charge is -2.58. The first-order valence-corrected chi connectivity index (χ1v) is 11.9. The van der Waals surface area contributed by atoms with Crippen molar-refractivity contribution in [2.75, 3.05) is 6.54 Å². The van der Waals surface area contributed by atoms with Crippen LogP contribution in [0.5, 0.6) is 0 Å². The van der Waals surface area contributed by atoms with Crippen LogP contribution in [0.4, 0.5) is 0 Å². The maximum absolute atomic E-state index is 12.2. The number of allylic oxidation sites excluding steroid dienone is 2. The van der Waals surface area contributed by atoms with Crippen molar-refractivity contribution in [3.8, 4) is 0 Å². The SMILES string of the molecule is CCc1cncc(C2=CCC3C4CCC5CC(=O)NCCC5(C)C4CCC23C)c1. The Morgan fingerprint density at radius 2 is 2.00 bits per heavy atom. The average molecular weight is 393 g/mol. The van der Waals surface area contributed by atoms with Crippen LogP contribution >= 0.6 is 0 Å². The maximum Gasteiger partial charge on any atom is 0.220 e. The van der Waals surface area contributed by atoms with E-state index in [2.05, 4.69) is 49.4 Å². The lowest BCUT2D eigenvalue weighted by atomic mass is 9.46. The number of nitrogens with one attached hydrogen (secondary N) is 1. The van der Waals surface area contributed by atoms with Crippen LogP contribution in [-0.4, -0.2) is 17.4 Å². The Morgan fingerprint density at radius 1 is 1.14 bits per heavy atom. The van der Waals surface area contributed by atoms with Crippen molar-refractivity contribution in [1.82, 2.24) is 10.3 Å². The van der Waals surface area contributed by atoms with Gasteiger partial charge in [-0.05, 0) is 102 Å². The Bertz CT molecular complexity index is 845. The van der Waals surface area contributed by atoms with Crippen molar-refractivity contribution >= 4 is 11.5 Å². The Balaban J connectivity index is 1.44. The fourth-order valence-corrected chi connectivity index (χ4v) is 7.87. The molecule has 1 aromatic rings. The molecule has 2 heterocycles. The molecule has 3 aliphatic carbocycles. The zero-order chi connectivity index (χ0) is 20.2. The highest BCUT2D eigenvalue weighted by Gasteiger charge is 2.58. The number of aromatic nitrogens is 1. The molecular weight excluding hydrogens is 356 g/mol. The van der Waals surface area contributed by atoms with Crippen LogP contribution in [-0.2, 0) is 11.2 Å². The first-order valence-electron chi connectivity index (χ1n) is 11.9. The van der Waals surface area contributed by atoms with E-state index in [4.69, 9.17) is 0 Å². The number of carbonyl (C=O) groups is 1. The summed E-state index contributed by atoms with van der Waals surface area (Å²) in [5.74, 6) is 3.20. The normalized spacial score (nSPS) is 41.5. The zero-order valence-corrected chi connectivity index (χ0v) is 18.3. The minimum absolute atomic E-state index is 0.283. The molecule has 1 saturated heterocycles. The second-order valence-electron chi connectivity index (χ2n) is 10.7. The topological polar surface area (TPSA) is 42.0 Å². The number of rotatable bonds is 2. The second-order valence-corrected chi connectivity index (χ2v) is 10.7. The summed E-state index contributed by atoms with van der Waals surface area (Å²) in [6, 6.07) is 2.37. The molecule has 0 aromatic carbocycles. The molecule has 5 rings (SSSR count).